The van der Waals surface area contributed by atoms with Crippen LogP contribution in [0.25, 0.3) is 0 Å². The lowest BCUT2D eigenvalue weighted by atomic mass is 10.2. The van der Waals surface area contributed by atoms with Crippen molar-refractivity contribution in [3.8, 4) is 0 Å². The second-order valence-electron chi connectivity index (χ2n) is 5.09. The maximum atomic E-state index is 12.4. The Morgan fingerprint density at radius 2 is 2.17 bits per heavy atom. The van der Waals surface area contributed by atoms with Gasteiger partial charge in [0.2, 0.25) is 5.91 Å². The van der Waals surface area contributed by atoms with E-state index < -0.39 is 11.9 Å². The second kappa shape index (κ2) is 7.74. The molecule has 1 aliphatic heterocycles. The third-order valence-electron chi connectivity index (χ3n) is 3.54. The molecule has 7 heteroatoms. The van der Waals surface area contributed by atoms with Gasteiger partial charge in [-0.2, -0.15) is 0 Å². The van der Waals surface area contributed by atoms with Crippen molar-refractivity contribution in [2.24, 2.45) is 0 Å². The Hall–Kier alpha value is -2.67. The highest BCUT2D eigenvalue weighted by Crippen LogP contribution is 2.23. The molecule has 24 heavy (non-hydrogen) atoms. The third-order valence-corrected chi connectivity index (χ3v) is 4.28. The topological polar surface area (TPSA) is 75.7 Å². The zero-order chi connectivity index (χ0) is 17.7. The molecular formula is C17H18N2O4S. The lowest BCUT2D eigenvalue weighted by Gasteiger charge is -2.16. The van der Waals surface area contributed by atoms with E-state index in [0.717, 1.165) is 6.42 Å². The van der Waals surface area contributed by atoms with Crippen molar-refractivity contribution in [2.75, 3.05) is 19.0 Å². The minimum absolute atomic E-state index is 0.00844. The van der Waals surface area contributed by atoms with E-state index in [0.29, 0.717) is 24.4 Å². The summed E-state index contributed by atoms with van der Waals surface area (Å²) in [7, 11) is 1.28. The SMILES string of the molecule is C=C/C(=C\C(=C)N1CCCC1=O)C(=O)Nc1cscc1C(=O)OC. The fourth-order valence-corrected chi connectivity index (χ4v) is 3.03. The predicted octanol–water partition coefficient (Wildman–Crippen LogP) is 2.72. The molecule has 1 fully saturated rings. The first-order valence-corrected chi connectivity index (χ1v) is 8.21. The van der Waals surface area contributed by atoms with Crippen molar-refractivity contribution in [3.63, 3.8) is 0 Å². The maximum Gasteiger partial charge on any atom is 0.340 e. The molecule has 1 aromatic rings. The summed E-state index contributed by atoms with van der Waals surface area (Å²) < 4.78 is 4.67. The molecule has 0 radical (unpaired) electrons. The van der Waals surface area contributed by atoms with Gasteiger partial charge in [0.1, 0.15) is 0 Å². The molecule has 0 aliphatic carbocycles. The van der Waals surface area contributed by atoms with Crippen molar-refractivity contribution >= 4 is 34.8 Å². The van der Waals surface area contributed by atoms with Crippen LogP contribution < -0.4 is 5.32 Å². The van der Waals surface area contributed by atoms with E-state index in [4.69, 9.17) is 0 Å². The van der Waals surface area contributed by atoms with Crippen LogP contribution >= 0.6 is 11.3 Å². The van der Waals surface area contributed by atoms with Crippen LogP contribution in [0.15, 0.2) is 47.3 Å². The highest BCUT2D eigenvalue weighted by atomic mass is 32.1. The van der Waals surface area contributed by atoms with Crippen molar-refractivity contribution in [1.82, 2.24) is 4.90 Å². The molecule has 0 spiro atoms. The van der Waals surface area contributed by atoms with E-state index in [-0.39, 0.29) is 17.0 Å². The van der Waals surface area contributed by atoms with E-state index >= 15 is 0 Å². The number of hydrogen-bond donors (Lipinski definition) is 1. The number of nitrogens with one attached hydrogen (secondary N) is 1. The summed E-state index contributed by atoms with van der Waals surface area (Å²) in [5.74, 6) is -0.977. The number of rotatable bonds is 6. The normalized spacial score (nSPS) is 14.5. The molecule has 2 amide bonds. The van der Waals surface area contributed by atoms with Gasteiger partial charge < -0.3 is 15.0 Å². The summed E-state index contributed by atoms with van der Waals surface area (Å²) in [6.07, 6.45) is 4.15. The molecule has 0 unspecified atom stereocenters. The van der Waals surface area contributed by atoms with E-state index in [1.54, 1.807) is 15.7 Å². The number of amides is 2. The number of hydrogen-bond acceptors (Lipinski definition) is 5. The number of thiophene rings is 1. The molecule has 0 atom stereocenters. The van der Waals surface area contributed by atoms with E-state index in [1.165, 1.54) is 30.6 Å². The van der Waals surface area contributed by atoms with Gasteiger partial charge in [-0.3, -0.25) is 9.59 Å². The van der Waals surface area contributed by atoms with Crippen molar-refractivity contribution in [1.29, 1.82) is 0 Å². The molecule has 1 aliphatic rings. The fraction of sp³-hybridized carbons (Fsp3) is 0.235. The minimum Gasteiger partial charge on any atom is -0.465 e. The highest BCUT2D eigenvalue weighted by molar-refractivity contribution is 7.08. The van der Waals surface area contributed by atoms with Crippen LogP contribution in [-0.4, -0.2) is 36.3 Å². The van der Waals surface area contributed by atoms with Gasteiger partial charge in [-0.1, -0.05) is 19.2 Å². The molecular weight excluding hydrogens is 328 g/mol. The van der Waals surface area contributed by atoms with Gasteiger partial charge in [0.15, 0.2) is 0 Å². The van der Waals surface area contributed by atoms with Crippen LogP contribution in [0.4, 0.5) is 5.69 Å². The Morgan fingerprint density at radius 3 is 2.75 bits per heavy atom. The van der Waals surface area contributed by atoms with Crippen LogP contribution in [0.3, 0.4) is 0 Å². The molecule has 0 aromatic carbocycles. The second-order valence-corrected chi connectivity index (χ2v) is 5.83. The quantitative estimate of drug-likeness (QED) is 0.488. The average molecular weight is 346 g/mol. The largest absolute Gasteiger partial charge is 0.465 e. The number of anilines is 1. The Bertz CT molecular complexity index is 733. The number of nitrogens with zero attached hydrogens (tertiary/aromatic N) is 1. The van der Waals surface area contributed by atoms with Crippen molar-refractivity contribution < 1.29 is 19.1 Å². The predicted molar refractivity (Wildman–Crippen MR) is 92.7 cm³/mol. The first-order chi connectivity index (χ1) is 11.5. The first-order valence-electron chi connectivity index (χ1n) is 7.27. The lowest BCUT2D eigenvalue weighted by molar-refractivity contribution is -0.125. The van der Waals surface area contributed by atoms with Gasteiger partial charge in [-0.25, -0.2) is 4.79 Å². The standard InChI is InChI=1S/C17H18N2O4S/c1-4-12(8-11(2)19-7-5-6-15(19)20)16(21)18-14-10-24-9-13(14)17(22)23-3/h4,8-10H,1-2,5-7H2,3H3,(H,18,21)/b12-8+. The summed E-state index contributed by atoms with van der Waals surface area (Å²) in [5.41, 5.74) is 1.35. The molecule has 1 N–H and O–H groups in total. The van der Waals surface area contributed by atoms with Gasteiger partial charge >= 0.3 is 5.97 Å². The van der Waals surface area contributed by atoms with Gasteiger partial charge in [-0.15, -0.1) is 11.3 Å². The molecule has 0 bridgehead atoms. The Morgan fingerprint density at radius 1 is 1.42 bits per heavy atom. The number of esters is 1. The number of likely N-dealkylation sites (tertiary alicyclic amines) is 1. The molecule has 1 saturated heterocycles. The van der Waals surface area contributed by atoms with Crippen LogP contribution in [0.2, 0.25) is 0 Å². The Balaban J connectivity index is 2.14. The number of allylic oxidation sites excluding steroid dienone is 1. The van der Waals surface area contributed by atoms with Crippen LogP contribution in [-0.2, 0) is 14.3 Å². The minimum atomic E-state index is -0.525. The number of methoxy groups -OCH3 is 1. The Kier molecular flexibility index (Phi) is 5.70. The number of carbonyl (C=O) groups is 3. The van der Waals surface area contributed by atoms with Crippen LogP contribution in [0.5, 0.6) is 0 Å². The third kappa shape index (κ3) is 3.80. The van der Waals surface area contributed by atoms with Crippen LogP contribution in [0.1, 0.15) is 23.2 Å². The Labute approximate surface area is 144 Å². The van der Waals surface area contributed by atoms with Gasteiger partial charge in [0, 0.05) is 35.0 Å². The molecule has 2 rings (SSSR count). The van der Waals surface area contributed by atoms with Gasteiger partial charge in [0.25, 0.3) is 5.91 Å². The van der Waals surface area contributed by atoms with Gasteiger partial charge in [0.05, 0.1) is 18.4 Å². The maximum absolute atomic E-state index is 12.4. The zero-order valence-corrected chi connectivity index (χ0v) is 14.1. The molecule has 0 saturated carbocycles. The summed E-state index contributed by atoms with van der Waals surface area (Å²) in [5, 5.41) is 5.89. The lowest BCUT2D eigenvalue weighted by Crippen LogP contribution is -2.23. The number of carbonyl (C=O) groups excluding carboxylic acids is 3. The summed E-state index contributed by atoms with van der Waals surface area (Å²) in [6, 6.07) is 0. The molecule has 2 heterocycles. The fourth-order valence-electron chi connectivity index (χ4n) is 2.28. The van der Waals surface area contributed by atoms with Crippen LogP contribution in [0, 0.1) is 0 Å². The van der Waals surface area contributed by atoms with Crippen molar-refractivity contribution in [3.05, 3.63) is 52.9 Å². The zero-order valence-electron chi connectivity index (χ0n) is 13.3. The molecule has 1 aromatic heterocycles. The van der Waals surface area contributed by atoms with E-state index in [9.17, 15) is 14.4 Å². The van der Waals surface area contributed by atoms with E-state index in [1.807, 2.05) is 0 Å². The molecule has 6 nitrogen and oxygen atoms in total. The first kappa shape index (κ1) is 17.7. The smallest absolute Gasteiger partial charge is 0.340 e. The summed E-state index contributed by atoms with van der Waals surface area (Å²) >= 11 is 1.27. The summed E-state index contributed by atoms with van der Waals surface area (Å²) in [4.78, 5) is 37.3. The molecule has 126 valence electrons. The number of ether oxygens (including phenoxy) is 1. The summed E-state index contributed by atoms with van der Waals surface area (Å²) in [6.45, 7) is 8.06. The monoisotopic (exact) mass is 346 g/mol. The highest BCUT2D eigenvalue weighted by Gasteiger charge is 2.22. The average Bonchev–Trinajstić information content (AvgIpc) is 3.20. The van der Waals surface area contributed by atoms with E-state index in [2.05, 4.69) is 23.2 Å². The van der Waals surface area contributed by atoms with Gasteiger partial charge in [-0.05, 0) is 12.5 Å². The van der Waals surface area contributed by atoms with Crippen molar-refractivity contribution in [2.45, 2.75) is 12.8 Å².